The van der Waals surface area contributed by atoms with Crippen molar-refractivity contribution in [1.29, 1.82) is 0 Å². The molecule has 4 aliphatic rings. The summed E-state index contributed by atoms with van der Waals surface area (Å²) in [6, 6.07) is 0. The van der Waals surface area contributed by atoms with Crippen LogP contribution >= 0.6 is 0 Å². The quantitative estimate of drug-likeness (QED) is 0.627. The Hall–Kier alpha value is -1.12. The van der Waals surface area contributed by atoms with Gasteiger partial charge in [0.2, 0.25) is 0 Å². The summed E-state index contributed by atoms with van der Waals surface area (Å²) in [5.41, 5.74) is 1.18. The van der Waals surface area contributed by atoms with Gasteiger partial charge < -0.3 is 4.74 Å². The average Bonchev–Trinajstić information content (AvgIpc) is 2.79. The topological polar surface area (TPSA) is 43.4 Å². The molecule has 3 aliphatic carbocycles. The summed E-state index contributed by atoms with van der Waals surface area (Å²) < 4.78 is 5.70. The van der Waals surface area contributed by atoms with Crippen LogP contribution < -0.4 is 0 Å². The standard InChI is InChI=1S/C20H28O3/c1-11-6-7-20-12(2)8-14(21)13(18(20,3)4)9-15(20)19(5)10-16(22)23-17(11)19/h12-13,15H,6-10H2,1-5H3. The Bertz CT molecular complexity index is 643. The van der Waals surface area contributed by atoms with Crippen LogP contribution in [0.1, 0.15) is 66.7 Å². The number of carbonyl (C=O) groups is 2. The molecule has 5 atom stereocenters. The first kappa shape index (κ1) is 15.4. The highest BCUT2D eigenvalue weighted by molar-refractivity contribution is 5.84. The van der Waals surface area contributed by atoms with E-state index < -0.39 is 0 Å². The summed E-state index contributed by atoms with van der Waals surface area (Å²) in [6.07, 6.45) is 4.24. The zero-order chi connectivity index (χ0) is 16.8. The molecule has 2 saturated carbocycles. The van der Waals surface area contributed by atoms with Gasteiger partial charge in [0.25, 0.3) is 0 Å². The number of rotatable bonds is 0. The number of hydrogen-bond acceptors (Lipinski definition) is 3. The van der Waals surface area contributed by atoms with Gasteiger partial charge in [-0.05, 0) is 54.4 Å². The van der Waals surface area contributed by atoms with Gasteiger partial charge in [-0.3, -0.25) is 9.59 Å². The van der Waals surface area contributed by atoms with Gasteiger partial charge in [-0.15, -0.1) is 0 Å². The Morgan fingerprint density at radius 2 is 1.87 bits per heavy atom. The maximum absolute atomic E-state index is 12.7. The van der Waals surface area contributed by atoms with Crippen molar-refractivity contribution >= 4 is 11.8 Å². The van der Waals surface area contributed by atoms with E-state index in [0.29, 0.717) is 30.5 Å². The molecule has 1 saturated heterocycles. The smallest absolute Gasteiger partial charge is 0.311 e. The molecule has 1 heterocycles. The van der Waals surface area contributed by atoms with Crippen LogP contribution in [-0.4, -0.2) is 11.8 Å². The number of hydrogen-bond donors (Lipinski definition) is 0. The molecule has 0 aromatic heterocycles. The van der Waals surface area contributed by atoms with Crippen LogP contribution in [-0.2, 0) is 14.3 Å². The minimum absolute atomic E-state index is 0.0107. The average molecular weight is 316 g/mol. The Balaban J connectivity index is 1.94. The number of fused-ring (bicyclic) bond motifs is 3. The normalized spacial score (nSPS) is 48.0. The molecule has 0 radical (unpaired) electrons. The molecular formula is C20H28O3. The summed E-state index contributed by atoms with van der Waals surface area (Å²) in [4.78, 5) is 24.9. The Kier molecular flexibility index (Phi) is 2.87. The van der Waals surface area contributed by atoms with Crippen LogP contribution in [0.4, 0.5) is 0 Å². The molecule has 5 unspecified atom stereocenters. The third-order valence-electron chi connectivity index (χ3n) is 8.26. The summed E-state index contributed by atoms with van der Waals surface area (Å²) >= 11 is 0. The number of ether oxygens (including phenoxy) is 1. The van der Waals surface area contributed by atoms with Crippen molar-refractivity contribution in [2.75, 3.05) is 0 Å². The molecule has 3 nitrogen and oxygen atoms in total. The van der Waals surface area contributed by atoms with Crippen molar-refractivity contribution in [1.82, 2.24) is 0 Å². The maximum atomic E-state index is 12.7. The molecule has 0 aromatic rings. The number of ketones is 1. The van der Waals surface area contributed by atoms with Crippen molar-refractivity contribution in [2.24, 2.45) is 34.0 Å². The third-order valence-corrected chi connectivity index (χ3v) is 8.26. The Morgan fingerprint density at radius 3 is 2.57 bits per heavy atom. The summed E-state index contributed by atoms with van der Waals surface area (Å²) in [5.74, 6) is 2.20. The minimum atomic E-state index is -0.220. The second-order valence-corrected chi connectivity index (χ2v) is 9.35. The summed E-state index contributed by atoms with van der Waals surface area (Å²) in [5, 5.41) is 0. The van der Waals surface area contributed by atoms with E-state index in [2.05, 4.69) is 34.6 Å². The van der Waals surface area contributed by atoms with Crippen molar-refractivity contribution in [3.63, 3.8) is 0 Å². The van der Waals surface area contributed by atoms with Gasteiger partial charge in [-0.25, -0.2) is 0 Å². The fraction of sp³-hybridized carbons (Fsp3) is 0.800. The van der Waals surface area contributed by atoms with Gasteiger partial charge in [-0.2, -0.15) is 0 Å². The lowest BCUT2D eigenvalue weighted by Crippen LogP contribution is -2.52. The summed E-state index contributed by atoms with van der Waals surface area (Å²) in [7, 11) is 0. The number of Topliss-reactive ketones (excluding diaryl/α,β-unsaturated/α-hetero) is 1. The van der Waals surface area contributed by atoms with Crippen LogP contribution in [0.15, 0.2) is 11.3 Å². The highest BCUT2D eigenvalue weighted by Gasteiger charge is 2.71. The summed E-state index contributed by atoms with van der Waals surface area (Å²) in [6.45, 7) is 11.3. The Labute approximate surface area is 138 Å². The molecule has 3 fully saturated rings. The lowest BCUT2D eigenvalue weighted by atomic mass is 9.48. The molecule has 4 rings (SSSR count). The molecule has 2 bridgehead atoms. The van der Waals surface area contributed by atoms with Crippen molar-refractivity contribution in [3.8, 4) is 0 Å². The van der Waals surface area contributed by atoms with Gasteiger partial charge in [0.15, 0.2) is 0 Å². The van der Waals surface area contributed by atoms with E-state index in [9.17, 15) is 9.59 Å². The zero-order valence-corrected chi connectivity index (χ0v) is 15.0. The molecule has 1 aliphatic heterocycles. The third kappa shape index (κ3) is 1.57. The van der Waals surface area contributed by atoms with Gasteiger partial charge in [0.1, 0.15) is 11.5 Å². The highest BCUT2D eigenvalue weighted by Crippen LogP contribution is 2.75. The van der Waals surface area contributed by atoms with E-state index in [1.165, 1.54) is 5.57 Å². The molecule has 1 spiro atoms. The van der Waals surface area contributed by atoms with Crippen molar-refractivity contribution in [3.05, 3.63) is 11.3 Å². The fourth-order valence-corrected chi connectivity index (χ4v) is 7.23. The van der Waals surface area contributed by atoms with E-state index in [4.69, 9.17) is 4.74 Å². The second-order valence-electron chi connectivity index (χ2n) is 9.35. The van der Waals surface area contributed by atoms with Crippen molar-refractivity contribution < 1.29 is 14.3 Å². The Morgan fingerprint density at radius 1 is 1.17 bits per heavy atom. The van der Waals surface area contributed by atoms with Crippen LogP contribution in [0.5, 0.6) is 0 Å². The molecule has 0 N–H and O–H groups in total. The largest absolute Gasteiger partial charge is 0.430 e. The van der Waals surface area contributed by atoms with E-state index >= 15 is 0 Å². The maximum Gasteiger partial charge on any atom is 0.311 e. The van der Waals surface area contributed by atoms with Crippen LogP contribution in [0, 0.1) is 34.0 Å². The highest BCUT2D eigenvalue weighted by atomic mass is 16.5. The monoisotopic (exact) mass is 316 g/mol. The molecule has 0 aromatic carbocycles. The SMILES string of the molecule is CC1=C2OC(=O)CC2(C)C2CC3C(=O)CC(C)C2(CC1)C3(C)C. The molecule has 3 heteroatoms. The van der Waals surface area contributed by atoms with E-state index in [1.54, 1.807) is 0 Å². The lowest BCUT2D eigenvalue weighted by Gasteiger charge is -2.55. The van der Waals surface area contributed by atoms with E-state index in [-0.39, 0.29) is 28.1 Å². The first-order chi connectivity index (χ1) is 10.6. The van der Waals surface area contributed by atoms with Gasteiger partial charge in [0.05, 0.1) is 6.42 Å². The van der Waals surface area contributed by atoms with Crippen LogP contribution in [0.25, 0.3) is 0 Å². The lowest BCUT2D eigenvalue weighted by molar-refractivity contribution is -0.142. The van der Waals surface area contributed by atoms with Gasteiger partial charge >= 0.3 is 5.97 Å². The first-order valence-electron chi connectivity index (χ1n) is 9.08. The zero-order valence-electron chi connectivity index (χ0n) is 15.0. The first-order valence-corrected chi connectivity index (χ1v) is 9.08. The van der Waals surface area contributed by atoms with E-state index in [1.807, 2.05) is 0 Å². The molecular weight excluding hydrogens is 288 g/mol. The second kappa shape index (κ2) is 4.29. The van der Waals surface area contributed by atoms with Gasteiger partial charge in [-0.1, -0.05) is 27.7 Å². The minimum Gasteiger partial charge on any atom is -0.430 e. The van der Waals surface area contributed by atoms with Crippen LogP contribution in [0.3, 0.4) is 0 Å². The predicted octanol–water partition coefficient (Wildman–Crippen LogP) is 4.27. The number of carbonyl (C=O) groups excluding carboxylic acids is 2. The molecule has 126 valence electrons. The van der Waals surface area contributed by atoms with Crippen LogP contribution in [0.2, 0.25) is 0 Å². The van der Waals surface area contributed by atoms with Crippen molar-refractivity contribution in [2.45, 2.75) is 66.7 Å². The van der Waals surface area contributed by atoms with E-state index in [0.717, 1.165) is 25.0 Å². The van der Waals surface area contributed by atoms with Gasteiger partial charge in [0, 0.05) is 17.8 Å². The number of allylic oxidation sites excluding steroid dienone is 2. The number of esters is 1. The fourth-order valence-electron chi connectivity index (χ4n) is 7.23. The predicted molar refractivity (Wildman–Crippen MR) is 87.3 cm³/mol. The molecule has 0 amide bonds. The molecule has 23 heavy (non-hydrogen) atoms.